The molecule has 2 saturated carbocycles. The van der Waals surface area contributed by atoms with E-state index in [9.17, 15) is 21.4 Å². The van der Waals surface area contributed by atoms with Crippen molar-refractivity contribution in [1.29, 1.82) is 0 Å². The highest BCUT2D eigenvalue weighted by molar-refractivity contribution is 7.87. The largest absolute Gasteiger partial charge is 0.744 e. The molecule has 0 aliphatic heterocycles. The Kier molecular flexibility index (Phi) is 8.66. The first-order chi connectivity index (χ1) is 20.6. The van der Waals surface area contributed by atoms with Crippen LogP contribution in [0.4, 0.5) is 0 Å². The summed E-state index contributed by atoms with van der Waals surface area (Å²) in [6, 6.07) is 11.6. The summed E-state index contributed by atoms with van der Waals surface area (Å²) in [6.45, 7) is 3.75. The maximum Gasteiger partial charge on any atom is 0.339 e. The molecular formula is C35H43O6S2-. The van der Waals surface area contributed by atoms with Crippen molar-refractivity contribution >= 4 is 31.0 Å². The summed E-state index contributed by atoms with van der Waals surface area (Å²) in [5.41, 5.74) is 3.22. The smallest absolute Gasteiger partial charge is 0.339 e. The van der Waals surface area contributed by atoms with E-state index in [2.05, 4.69) is 18.2 Å². The lowest BCUT2D eigenvalue weighted by Gasteiger charge is -2.31. The summed E-state index contributed by atoms with van der Waals surface area (Å²) in [4.78, 5) is 0.108. The summed E-state index contributed by atoms with van der Waals surface area (Å²) in [6.07, 6.45) is 12.8. The predicted octanol–water partition coefficient (Wildman–Crippen LogP) is 8.61. The minimum absolute atomic E-state index is 0.127. The van der Waals surface area contributed by atoms with Gasteiger partial charge in [-0.1, -0.05) is 76.6 Å². The maximum atomic E-state index is 14.9. The molecule has 0 bridgehead atoms. The molecule has 2 fully saturated rings. The van der Waals surface area contributed by atoms with Gasteiger partial charge in [0.2, 0.25) is 0 Å². The zero-order valence-electron chi connectivity index (χ0n) is 25.4. The molecule has 3 aromatic carbocycles. The fraction of sp³-hybridized carbons (Fsp3) is 0.543. The number of benzene rings is 3. The molecule has 0 N–H and O–H groups in total. The van der Waals surface area contributed by atoms with Gasteiger partial charge in [0, 0.05) is 11.1 Å². The summed E-state index contributed by atoms with van der Waals surface area (Å²) >= 11 is 0. The molecule has 0 unspecified atom stereocenters. The monoisotopic (exact) mass is 623 g/mol. The van der Waals surface area contributed by atoms with Gasteiger partial charge in [-0.15, -0.1) is 0 Å². The lowest BCUT2D eigenvalue weighted by atomic mass is 9.78. The molecule has 232 valence electrons. The van der Waals surface area contributed by atoms with E-state index >= 15 is 0 Å². The highest BCUT2D eigenvalue weighted by Gasteiger charge is 2.36. The van der Waals surface area contributed by atoms with Crippen LogP contribution in [0.15, 0.2) is 46.2 Å². The van der Waals surface area contributed by atoms with E-state index in [1.807, 2.05) is 26.0 Å². The average Bonchev–Trinajstić information content (AvgIpc) is 3.00. The van der Waals surface area contributed by atoms with Crippen molar-refractivity contribution in [2.24, 2.45) is 0 Å². The van der Waals surface area contributed by atoms with Gasteiger partial charge in [-0.3, -0.25) is 0 Å². The number of fused-ring (bicyclic) bond motifs is 2. The highest BCUT2D eigenvalue weighted by atomic mass is 32.2. The van der Waals surface area contributed by atoms with Crippen molar-refractivity contribution in [2.45, 2.75) is 131 Å². The van der Waals surface area contributed by atoms with Crippen LogP contribution < -0.4 is 4.18 Å². The molecule has 43 heavy (non-hydrogen) atoms. The van der Waals surface area contributed by atoms with Gasteiger partial charge in [0.25, 0.3) is 0 Å². The van der Waals surface area contributed by atoms with Gasteiger partial charge >= 0.3 is 10.1 Å². The second kappa shape index (κ2) is 12.2. The van der Waals surface area contributed by atoms with Crippen LogP contribution in [0.25, 0.3) is 10.8 Å². The Balaban J connectivity index is 1.61. The molecule has 6 nitrogen and oxygen atoms in total. The fourth-order valence-electron chi connectivity index (χ4n) is 7.97. The molecule has 0 radical (unpaired) electrons. The van der Waals surface area contributed by atoms with E-state index in [-0.39, 0.29) is 28.4 Å². The molecule has 6 rings (SSSR count). The third-order valence-corrected chi connectivity index (χ3v) is 12.3. The van der Waals surface area contributed by atoms with Gasteiger partial charge in [0.1, 0.15) is 20.8 Å². The third kappa shape index (κ3) is 5.99. The topological polar surface area (TPSA) is 101 Å². The Morgan fingerprint density at radius 3 is 2.00 bits per heavy atom. The Morgan fingerprint density at radius 1 is 0.767 bits per heavy atom. The van der Waals surface area contributed by atoms with Gasteiger partial charge in [0.15, 0.2) is 0 Å². The Morgan fingerprint density at radius 2 is 1.37 bits per heavy atom. The van der Waals surface area contributed by atoms with E-state index < -0.39 is 20.2 Å². The first-order valence-electron chi connectivity index (χ1n) is 16.2. The third-order valence-electron chi connectivity index (χ3n) is 10.0. The molecule has 0 amide bonds. The molecule has 3 aliphatic rings. The molecule has 0 heterocycles. The second-order valence-corrected chi connectivity index (χ2v) is 16.0. The van der Waals surface area contributed by atoms with Gasteiger partial charge < -0.3 is 8.74 Å². The second-order valence-electron chi connectivity index (χ2n) is 13.2. The summed E-state index contributed by atoms with van der Waals surface area (Å²) in [5.74, 6) is 0.252. The predicted molar refractivity (Wildman–Crippen MR) is 169 cm³/mol. The van der Waals surface area contributed by atoms with Crippen molar-refractivity contribution < 1.29 is 25.6 Å². The van der Waals surface area contributed by atoms with Crippen LogP contribution in [0.1, 0.15) is 136 Å². The van der Waals surface area contributed by atoms with E-state index in [1.54, 1.807) is 0 Å². The quantitative estimate of drug-likeness (QED) is 0.193. The molecule has 3 aliphatic carbocycles. The van der Waals surface area contributed by atoms with Gasteiger partial charge in [-0.2, -0.15) is 8.42 Å². The lowest BCUT2D eigenvalue weighted by molar-refractivity contribution is 0.420. The average molecular weight is 624 g/mol. The Bertz CT molecular complexity index is 1730. The van der Waals surface area contributed by atoms with E-state index in [0.717, 1.165) is 98.9 Å². The number of rotatable bonds is 7. The molecular weight excluding hydrogens is 581 g/mol. The van der Waals surface area contributed by atoms with Crippen LogP contribution in [-0.4, -0.2) is 21.4 Å². The molecule has 3 aromatic rings. The van der Waals surface area contributed by atoms with Crippen molar-refractivity contribution in [3.8, 4) is 5.75 Å². The first kappa shape index (κ1) is 30.6. The van der Waals surface area contributed by atoms with Crippen molar-refractivity contribution in [2.75, 3.05) is 0 Å². The minimum Gasteiger partial charge on any atom is -0.744 e. The number of hydrogen-bond donors (Lipinski definition) is 0. The lowest BCUT2D eigenvalue weighted by Crippen LogP contribution is -2.22. The van der Waals surface area contributed by atoms with Crippen LogP contribution in [-0.2, 0) is 33.1 Å². The first-order valence-corrected chi connectivity index (χ1v) is 19.0. The van der Waals surface area contributed by atoms with Crippen LogP contribution in [0, 0.1) is 0 Å². The van der Waals surface area contributed by atoms with Gasteiger partial charge in [-0.25, -0.2) is 8.42 Å². The molecule has 8 heteroatoms. The SMILES string of the molecule is CC(C)c1cc(S(=O)(=O)[O-])c2c(c1OS(=O)(=O)c1c(C3CCCCC3)cc3ccccc3c1C1CCCCC1)CCCC2. The summed E-state index contributed by atoms with van der Waals surface area (Å²) in [5, 5.41) is 2.06. The Labute approximate surface area is 257 Å². The van der Waals surface area contributed by atoms with Crippen LogP contribution >= 0.6 is 0 Å². The van der Waals surface area contributed by atoms with E-state index in [0.29, 0.717) is 34.4 Å². The van der Waals surface area contributed by atoms with Crippen molar-refractivity contribution in [3.05, 3.63) is 64.2 Å². The zero-order valence-corrected chi connectivity index (χ0v) is 27.0. The standard InChI is InChI=1S/C35H44O6S2/c1-23(2)30-22-32(42(36,37)38)28-19-11-12-20-29(28)34(30)41-43(39,40)35-31(24-13-5-3-6-14-24)21-26-17-9-10-18-27(26)33(35)25-15-7-4-8-16-25/h9-10,17-18,21-25H,3-8,11-16,19-20H2,1-2H3,(H,36,37,38)/p-1. The minimum atomic E-state index is -4.73. The van der Waals surface area contributed by atoms with Crippen molar-refractivity contribution in [3.63, 3.8) is 0 Å². The van der Waals surface area contributed by atoms with E-state index in [4.69, 9.17) is 4.18 Å². The molecule has 0 saturated heterocycles. The Hall–Kier alpha value is -2.42. The fourth-order valence-corrected chi connectivity index (χ4v) is 10.3. The normalized spacial score (nSPS) is 19.1. The molecule has 0 atom stereocenters. The highest BCUT2D eigenvalue weighted by Crippen LogP contribution is 2.48. The van der Waals surface area contributed by atoms with Gasteiger partial charge in [-0.05, 0) is 109 Å². The summed E-state index contributed by atoms with van der Waals surface area (Å²) in [7, 11) is -9.06. The number of hydrogen-bond acceptors (Lipinski definition) is 6. The molecule has 0 aromatic heterocycles. The van der Waals surface area contributed by atoms with Crippen LogP contribution in [0.3, 0.4) is 0 Å². The van der Waals surface area contributed by atoms with E-state index in [1.165, 1.54) is 6.07 Å². The zero-order chi connectivity index (χ0) is 30.4. The van der Waals surface area contributed by atoms with Gasteiger partial charge in [0.05, 0.1) is 4.90 Å². The van der Waals surface area contributed by atoms with Crippen molar-refractivity contribution in [1.82, 2.24) is 0 Å². The summed E-state index contributed by atoms with van der Waals surface area (Å²) < 4.78 is 73.2. The maximum absolute atomic E-state index is 14.9. The molecule has 0 spiro atoms. The van der Waals surface area contributed by atoms with Crippen LogP contribution in [0.5, 0.6) is 5.75 Å². The van der Waals surface area contributed by atoms with Crippen LogP contribution in [0.2, 0.25) is 0 Å².